The fraction of sp³-hybridized carbons (Fsp3) is 0.857. The fourth-order valence-electron chi connectivity index (χ4n) is 11.0. The fourth-order valence-corrected chi connectivity index (χ4v) is 11.0. The van der Waals surface area contributed by atoms with Crippen molar-refractivity contribution < 1.29 is 9.59 Å². The third kappa shape index (κ3) is 23.6. The summed E-state index contributed by atoms with van der Waals surface area (Å²) < 4.78 is 0. The SMILES string of the molecule is CCCCCCCCCCCCCCCCCCC1CCC(N(C(=O)c2ccccc2C(N)=O)C2CCC(CCCCCCCCCCCCCCCCCC)CC2)CC1. The highest BCUT2D eigenvalue weighted by atomic mass is 16.2. The second-order valence-corrected chi connectivity index (χ2v) is 20.2. The monoisotopic (exact) mass is 833 g/mol. The Morgan fingerprint density at radius 2 is 0.683 bits per heavy atom. The zero-order chi connectivity index (χ0) is 42.7. The summed E-state index contributed by atoms with van der Waals surface area (Å²) in [7, 11) is 0. The molecule has 0 bridgehead atoms. The number of carbonyl (C=O) groups excluding carboxylic acids is 2. The van der Waals surface area contributed by atoms with E-state index >= 15 is 0 Å². The summed E-state index contributed by atoms with van der Waals surface area (Å²) in [6.07, 6.45) is 57.6. The molecule has 4 heteroatoms. The van der Waals surface area contributed by atoms with Crippen molar-refractivity contribution in [2.75, 3.05) is 0 Å². The Morgan fingerprint density at radius 3 is 0.967 bits per heavy atom. The van der Waals surface area contributed by atoms with Gasteiger partial charge in [0.05, 0.1) is 11.1 Å². The number of carbonyl (C=O) groups is 2. The van der Waals surface area contributed by atoms with Crippen LogP contribution in [0.25, 0.3) is 0 Å². The van der Waals surface area contributed by atoms with Gasteiger partial charge >= 0.3 is 0 Å². The number of benzene rings is 1. The average molecular weight is 833 g/mol. The predicted octanol–water partition coefficient (Wildman–Crippen LogP) is 17.6. The minimum Gasteiger partial charge on any atom is -0.366 e. The van der Waals surface area contributed by atoms with Crippen LogP contribution in [0.3, 0.4) is 0 Å². The van der Waals surface area contributed by atoms with Gasteiger partial charge in [-0.25, -0.2) is 0 Å². The second-order valence-electron chi connectivity index (χ2n) is 20.2. The van der Waals surface area contributed by atoms with E-state index in [0.29, 0.717) is 11.1 Å². The van der Waals surface area contributed by atoms with E-state index in [1.165, 1.54) is 244 Å². The second kappa shape index (κ2) is 35.6. The van der Waals surface area contributed by atoms with Gasteiger partial charge in [-0.05, 0) is 75.3 Å². The minimum atomic E-state index is -0.496. The van der Waals surface area contributed by atoms with Gasteiger partial charge in [0.15, 0.2) is 0 Å². The number of rotatable bonds is 38. The molecule has 0 aliphatic heterocycles. The van der Waals surface area contributed by atoms with E-state index in [0.717, 1.165) is 37.5 Å². The van der Waals surface area contributed by atoms with Gasteiger partial charge in [-0.3, -0.25) is 9.59 Å². The molecule has 0 saturated heterocycles. The topological polar surface area (TPSA) is 63.4 Å². The maximum Gasteiger partial charge on any atom is 0.255 e. The Kier molecular flexibility index (Phi) is 31.2. The number of nitrogens with two attached hydrogens (primary N) is 1. The van der Waals surface area contributed by atoms with Gasteiger partial charge in [0.25, 0.3) is 5.91 Å². The summed E-state index contributed by atoms with van der Waals surface area (Å²) in [5.74, 6) is 1.16. The van der Waals surface area contributed by atoms with Crippen LogP contribution in [0.1, 0.15) is 304 Å². The Balaban J connectivity index is 1.29. The van der Waals surface area contributed by atoms with Crippen molar-refractivity contribution in [3.63, 3.8) is 0 Å². The number of hydrogen-bond acceptors (Lipinski definition) is 2. The molecule has 3 rings (SSSR count). The first-order valence-electron chi connectivity index (χ1n) is 27.3. The lowest BCUT2D eigenvalue weighted by molar-refractivity contribution is 0.0373. The third-order valence-electron chi connectivity index (χ3n) is 15.0. The van der Waals surface area contributed by atoms with E-state index in [1.807, 2.05) is 18.2 Å². The third-order valence-corrected chi connectivity index (χ3v) is 15.0. The van der Waals surface area contributed by atoms with Crippen LogP contribution in [-0.4, -0.2) is 28.8 Å². The zero-order valence-electron chi connectivity index (χ0n) is 40.2. The predicted molar refractivity (Wildman–Crippen MR) is 261 cm³/mol. The Labute approximate surface area is 373 Å². The van der Waals surface area contributed by atoms with E-state index in [2.05, 4.69) is 18.7 Å². The Hall–Kier alpha value is -1.84. The number of amides is 2. The molecule has 346 valence electrons. The molecule has 2 N–H and O–H groups in total. The number of primary amides is 1. The molecule has 0 atom stereocenters. The number of unbranched alkanes of at least 4 members (excludes halogenated alkanes) is 30. The minimum absolute atomic E-state index is 0.0481. The van der Waals surface area contributed by atoms with E-state index < -0.39 is 5.91 Å². The van der Waals surface area contributed by atoms with Crippen LogP contribution < -0.4 is 5.73 Å². The van der Waals surface area contributed by atoms with Crippen LogP contribution in [0.2, 0.25) is 0 Å². The lowest BCUT2D eigenvalue weighted by atomic mass is 9.79. The molecule has 0 heterocycles. The molecule has 0 spiro atoms. The summed E-state index contributed by atoms with van der Waals surface area (Å²) in [5, 5.41) is 0. The van der Waals surface area contributed by atoms with Gasteiger partial charge in [0.1, 0.15) is 0 Å². The Morgan fingerprint density at radius 1 is 0.417 bits per heavy atom. The molecular formula is C56H100N2O2. The van der Waals surface area contributed by atoms with Crippen molar-refractivity contribution >= 4 is 11.8 Å². The molecular weight excluding hydrogens is 733 g/mol. The molecule has 2 fully saturated rings. The van der Waals surface area contributed by atoms with Crippen LogP contribution in [0.15, 0.2) is 24.3 Å². The van der Waals surface area contributed by atoms with Crippen LogP contribution in [0.4, 0.5) is 0 Å². The van der Waals surface area contributed by atoms with E-state index in [1.54, 1.807) is 6.07 Å². The lowest BCUT2D eigenvalue weighted by Gasteiger charge is -2.44. The smallest absolute Gasteiger partial charge is 0.255 e. The van der Waals surface area contributed by atoms with Crippen molar-refractivity contribution in [2.24, 2.45) is 17.6 Å². The van der Waals surface area contributed by atoms with E-state index in [4.69, 9.17) is 5.73 Å². The molecule has 1 aromatic rings. The molecule has 2 aliphatic carbocycles. The summed E-state index contributed by atoms with van der Waals surface area (Å²) in [4.78, 5) is 29.1. The van der Waals surface area contributed by atoms with Gasteiger partial charge in [-0.1, -0.05) is 244 Å². The standard InChI is InChI=1S/C56H100N2O2/c1-3-5-7-9-11-13-15-17-19-21-23-25-27-29-31-33-37-49-41-45-51(46-42-49)58(56(60)54-40-36-35-39-53(54)55(57)59)52-47-43-50(44-48-52)38-34-32-30-28-26-24-22-20-18-16-14-12-10-8-6-4-2/h35-36,39-40,49-52H,3-34,37-38,41-48H2,1-2H3,(H2,57,59). The summed E-state index contributed by atoms with van der Waals surface area (Å²) in [6.45, 7) is 4.60. The lowest BCUT2D eigenvalue weighted by Crippen LogP contribution is -2.50. The van der Waals surface area contributed by atoms with Crippen LogP contribution >= 0.6 is 0 Å². The molecule has 2 saturated carbocycles. The first-order valence-corrected chi connectivity index (χ1v) is 27.3. The first kappa shape index (κ1) is 52.5. The van der Waals surface area contributed by atoms with Crippen molar-refractivity contribution in [3.05, 3.63) is 35.4 Å². The van der Waals surface area contributed by atoms with Gasteiger partial charge in [0.2, 0.25) is 5.91 Å². The maximum absolute atomic E-state index is 14.4. The molecule has 1 aromatic carbocycles. The van der Waals surface area contributed by atoms with Gasteiger partial charge in [-0.2, -0.15) is 0 Å². The van der Waals surface area contributed by atoms with Gasteiger partial charge in [0, 0.05) is 12.1 Å². The number of nitrogens with zero attached hydrogens (tertiary/aromatic N) is 1. The maximum atomic E-state index is 14.4. The zero-order valence-corrected chi connectivity index (χ0v) is 40.2. The van der Waals surface area contributed by atoms with E-state index in [-0.39, 0.29) is 18.0 Å². The largest absolute Gasteiger partial charge is 0.366 e. The normalized spacial score (nSPS) is 19.4. The van der Waals surface area contributed by atoms with Crippen LogP contribution in [0, 0.1) is 11.8 Å². The highest BCUT2D eigenvalue weighted by molar-refractivity contribution is 6.06. The molecule has 60 heavy (non-hydrogen) atoms. The summed E-state index contributed by atoms with van der Waals surface area (Å²) in [5.41, 5.74) is 6.69. The van der Waals surface area contributed by atoms with Crippen molar-refractivity contribution in [3.8, 4) is 0 Å². The number of hydrogen-bond donors (Lipinski definition) is 1. The van der Waals surface area contributed by atoms with Crippen molar-refractivity contribution in [1.82, 2.24) is 4.90 Å². The highest BCUT2D eigenvalue weighted by Crippen LogP contribution is 2.38. The van der Waals surface area contributed by atoms with Gasteiger partial charge < -0.3 is 10.6 Å². The quantitative estimate of drug-likeness (QED) is 0.0675. The van der Waals surface area contributed by atoms with Crippen LogP contribution in [-0.2, 0) is 0 Å². The van der Waals surface area contributed by atoms with Gasteiger partial charge in [-0.15, -0.1) is 0 Å². The van der Waals surface area contributed by atoms with Crippen molar-refractivity contribution in [1.29, 1.82) is 0 Å². The first-order chi connectivity index (χ1) is 29.5. The molecule has 0 aromatic heterocycles. The summed E-state index contributed by atoms with van der Waals surface area (Å²) in [6, 6.07) is 7.85. The average Bonchev–Trinajstić information content (AvgIpc) is 3.27. The highest BCUT2D eigenvalue weighted by Gasteiger charge is 2.37. The Bertz CT molecular complexity index is 1110. The molecule has 4 nitrogen and oxygen atoms in total. The molecule has 0 unspecified atom stereocenters. The van der Waals surface area contributed by atoms with E-state index in [9.17, 15) is 9.59 Å². The summed E-state index contributed by atoms with van der Waals surface area (Å²) >= 11 is 0. The molecule has 0 radical (unpaired) electrons. The van der Waals surface area contributed by atoms with Crippen molar-refractivity contribution in [2.45, 2.75) is 296 Å². The van der Waals surface area contributed by atoms with Crippen LogP contribution in [0.5, 0.6) is 0 Å². The molecule has 2 amide bonds. The molecule has 2 aliphatic rings.